The lowest BCUT2D eigenvalue weighted by atomic mass is 9.77. The Bertz CT molecular complexity index is 703. The molecule has 0 bridgehead atoms. The Hall–Kier alpha value is -1.33. The van der Waals surface area contributed by atoms with Crippen LogP contribution < -0.4 is 4.74 Å². The first-order valence-electron chi connectivity index (χ1n) is 9.26. The summed E-state index contributed by atoms with van der Waals surface area (Å²) < 4.78 is 33.8. The predicted molar refractivity (Wildman–Crippen MR) is 97.0 cm³/mol. The molecular formula is C20H26BFO3. The van der Waals surface area contributed by atoms with Crippen LogP contribution in [0.3, 0.4) is 0 Å². The molecule has 1 aromatic rings. The van der Waals surface area contributed by atoms with Crippen LogP contribution in [0, 0.1) is 0 Å². The van der Waals surface area contributed by atoms with E-state index >= 15 is 4.39 Å². The van der Waals surface area contributed by atoms with Gasteiger partial charge < -0.3 is 14.0 Å². The van der Waals surface area contributed by atoms with E-state index in [4.69, 9.17) is 14.0 Å². The molecule has 2 heterocycles. The third-order valence-corrected chi connectivity index (χ3v) is 6.30. The molecule has 2 aliphatic heterocycles. The summed E-state index contributed by atoms with van der Waals surface area (Å²) in [6.45, 7) is 7.78. The zero-order valence-corrected chi connectivity index (χ0v) is 15.5. The van der Waals surface area contributed by atoms with Crippen molar-refractivity contribution in [2.75, 3.05) is 0 Å². The maximum Gasteiger partial charge on any atom is 0.525 e. The molecule has 0 radical (unpaired) electrons. The van der Waals surface area contributed by atoms with E-state index in [1.54, 1.807) is 0 Å². The molecule has 0 amide bonds. The first-order chi connectivity index (χ1) is 11.7. The van der Waals surface area contributed by atoms with Crippen LogP contribution in [0.2, 0.25) is 0 Å². The fourth-order valence-corrected chi connectivity index (χ4v) is 4.09. The normalized spacial score (nSPS) is 28.0. The Morgan fingerprint density at radius 2 is 1.60 bits per heavy atom. The van der Waals surface area contributed by atoms with Gasteiger partial charge >= 0.3 is 7.12 Å². The van der Waals surface area contributed by atoms with Crippen LogP contribution in [0.25, 0.3) is 5.57 Å². The maximum absolute atomic E-state index is 15.6. The SMILES string of the molecule is CC1(C)OB(C(F)=C2CC3(CCCC3)Oc3ccccc32)OC1(C)C. The number of hydrogen-bond acceptors (Lipinski definition) is 3. The maximum atomic E-state index is 15.6. The summed E-state index contributed by atoms with van der Waals surface area (Å²) in [4.78, 5) is 0. The fraction of sp³-hybridized carbons (Fsp3) is 0.600. The van der Waals surface area contributed by atoms with E-state index in [0.29, 0.717) is 12.0 Å². The van der Waals surface area contributed by atoms with Gasteiger partial charge in [0.25, 0.3) is 0 Å². The molecule has 1 aromatic carbocycles. The number of rotatable bonds is 1. The first kappa shape index (κ1) is 17.1. The minimum Gasteiger partial charge on any atom is -0.486 e. The molecule has 0 unspecified atom stereocenters. The molecule has 1 spiro atoms. The highest BCUT2D eigenvalue weighted by atomic mass is 19.1. The molecule has 4 rings (SSSR count). The minimum atomic E-state index is -0.954. The monoisotopic (exact) mass is 344 g/mol. The molecule has 0 atom stereocenters. The molecule has 1 saturated carbocycles. The minimum absolute atomic E-state index is 0.273. The lowest BCUT2D eigenvalue weighted by Crippen LogP contribution is -2.41. The molecule has 1 saturated heterocycles. The Labute approximate surface area is 149 Å². The van der Waals surface area contributed by atoms with E-state index < -0.39 is 18.3 Å². The van der Waals surface area contributed by atoms with Crippen molar-refractivity contribution >= 4 is 12.7 Å². The van der Waals surface area contributed by atoms with Gasteiger partial charge in [-0.15, -0.1) is 0 Å². The third-order valence-electron chi connectivity index (χ3n) is 6.30. The van der Waals surface area contributed by atoms with E-state index in [2.05, 4.69) is 0 Å². The first-order valence-corrected chi connectivity index (χ1v) is 9.26. The number of ether oxygens (including phenoxy) is 1. The molecule has 0 N–H and O–H groups in total. The van der Waals surface area contributed by atoms with Gasteiger partial charge in [0.05, 0.1) is 11.2 Å². The molecule has 25 heavy (non-hydrogen) atoms. The fourth-order valence-electron chi connectivity index (χ4n) is 4.09. The molecule has 3 nitrogen and oxygen atoms in total. The summed E-state index contributed by atoms with van der Waals surface area (Å²) in [5.74, 6) is 0.775. The van der Waals surface area contributed by atoms with Crippen molar-refractivity contribution in [2.24, 2.45) is 0 Å². The van der Waals surface area contributed by atoms with Gasteiger partial charge in [-0.25, -0.2) is 4.39 Å². The van der Waals surface area contributed by atoms with Gasteiger partial charge in [-0.1, -0.05) is 18.2 Å². The Balaban J connectivity index is 1.76. The number of hydrogen-bond donors (Lipinski definition) is 0. The second kappa shape index (κ2) is 5.58. The van der Waals surface area contributed by atoms with Gasteiger partial charge in [-0.05, 0) is 65.0 Å². The Kier molecular flexibility index (Phi) is 3.82. The molecule has 0 aromatic heterocycles. The number of benzene rings is 1. The zero-order chi connectivity index (χ0) is 17.9. The van der Waals surface area contributed by atoms with Gasteiger partial charge in [0.1, 0.15) is 17.1 Å². The van der Waals surface area contributed by atoms with E-state index in [1.807, 2.05) is 52.0 Å². The van der Waals surface area contributed by atoms with Gasteiger partial charge in [-0.2, -0.15) is 0 Å². The highest BCUT2D eigenvalue weighted by Crippen LogP contribution is 2.50. The quantitative estimate of drug-likeness (QED) is 0.664. The van der Waals surface area contributed by atoms with E-state index in [9.17, 15) is 0 Å². The highest BCUT2D eigenvalue weighted by Gasteiger charge is 2.54. The van der Waals surface area contributed by atoms with Crippen LogP contribution in [0.15, 0.2) is 30.0 Å². The lowest BCUT2D eigenvalue weighted by Gasteiger charge is -2.37. The van der Waals surface area contributed by atoms with Crippen LogP contribution in [-0.2, 0) is 9.31 Å². The number of halogens is 1. The van der Waals surface area contributed by atoms with Crippen LogP contribution in [0.1, 0.15) is 65.4 Å². The zero-order valence-electron chi connectivity index (χ0n) is 15.5. The van der Waals surface area contributed by atoms with Crippen molar-refractivity contribution in [2.45, 2.75) is 76.6 Å². The van der Waals surface area contributed by atoms with E-state index in [0.717, 1.165) is 37.0 Å². The topological polar surface area (TPSA) is 27.7 Å². The van der Waals surface area contributed by atoms with Gasteiger partial charge in [0.2, 0.25) is 0 Å². The summed E-state index contributed by atoms with van der Waals surface area (Å²) in [6.07, 6.45) is 4.80. The number of fused-ring (bicyclic) bond motifs is 1. The van der Waals surface area contributed by atoms with E-state index in [1.165, 1.54) is 0 Å². The van der Waals surface area contributed by atoms with Crippen molar-refractivity contribution < 1.29 is 18.4 Å². The molecule has 2 fully saturated rings. The summed E-state index contributed by atoms with van der Waals surface area (Å²) in [5, 5.41) is 0. The van der Waals surface area contributed by atoms with E-state index in [-0.39, 0.29) is 11.3 Å². The lowest BCUT2D eigenvalue weighted by molar-refractivity contribution is 0.00578. The number of para-hydroxylation sites is 1. The summed E-state index contributed by atoms with van der Waals surface area (Å²) in [5.41, 5.74) is -0.170. The smallest absolute Gasteiger partial charge is 0.486 e. The second-order valence-corrected chi connectivity index (χ2v) is 8.58. The van der Waals surface area contributed by atoms with Crippen molar-refractivity contribution in [3.05, 3.63) is 35.6 Å². The molecule has 134 valence electrons. The second-order valence-electron chi connectivity index (χ2n) is 8.58. The standard InChI is InChI=1S/C20H26BFO3/c1-18(2)19(3,4)25-21(24-18)17(22)15-13-20(11-7-8-12-20)23-16-10-6-5-9-14(15)16/h5-6,9-10H,7-8,11-13H2,1-4H3. The summed E-state index contributed by atoms with van der Waals surface area (Å²) >= 11 is 0. The van der Waals surface area contributed by atoms with Crippen molar-refractivity contribution in [1.82, 2.24) is 0 Å². The van der Waals surface area contributed by atoms with Crippen LogP contribution in [-0.4, -0.2) is 23.9 Å². The summed E-state index contributed by atoms with van der Waals surface area (Å²) in [6, 6.07) is 7.73. The average molecular weight is 344 g/mol. The van der Waals surface area contributed by atoms with Crippen molar-refractivity contribution in [3.63, 3.8) is 0 Å². The van der Waals surface area contributed by atoms with Gasteiger partial charge in [0, 0.05) is 12.0 Å². The Morgan fingerprint density at radius 3 is 2.24 bits per heavy atom. The van der Waals surface area contributed by atoms with Crippen molar-refractivity contribution in [1.29, 1.82) is 0 Å². The molecule has 1 aliphatic carbocycles. The predicted octanol–water partition coefficient (Wildman–Crippen LogP) is 5.09. The molecular weight excluding hydrogens is 318 g/mol. The largest absolute Gasteiger partial charge is 0.525 e. The average Bonchev–Trinajstić information content (AvgIpc) is 3.08. The van der Waals surface area contributed by atoms with Crippen molar-refractivity contribution in [3.8, 4) is 5.75 Å². The van der Waals surface area contributed by atoms with Gasteiger partial charge in [0.15, 0.2) is 0 Å². The third kappa shape index (κ3) is 2.72. The van der Waals surface area contributed by atoms with Gasteiger partial charge in [-0.3, -0.25) is 0 Å². The molecule has 3 aliphatic rings. The highest BCUT2D eigenvalue weighted by molar-refractivity contribution is 6.55. The Morgan fingerprint density at radius 1 is 1.00 bits per heavy atom. The molecule has 5 heteroatoms. The van der Waals surface area contributed by atoms with Crippen LogP contribution in [0.4, 0.5) is 4.39 Å². The summed E-state index contributed by atoms with van der Waals surface area (Å²) in [7, 11) is -0.954. The van der Waals surface area contributed by atoms with Crippen LogP contribution >= 0.6 is 0 Å². The van der Waals surface area contributed by atoms with Crippen LogP contribution in [0.5, 0.6) is 5.75 Å².